The summed E-state index contributed by atoms with van der Waals surface area (Å²) in [7, 11) is 0. The lowest BCUT2D eigenvalue weighted by Crippen LogP contribution is -2.34. The molecule has 6 nitrogen and oxygen atoms in total. The predicted molar refractivity (Wildman–Crippen MR) is 92.5 cm³/mol. The van der Waals surface area contributed by atoms with Crippen molar-refractivity contribution in [2.45, 2.75) is 45.7 Å². The van der Waals surface area contributed by atoms with E-state index in [-0.39, 0.29) is 36.4 Å². The number of amides is 3. The average molecular weight is 329 g/mol. The van der Waals surface area contributed by atoms with Crippen LogP contribution in [0, 0.1) is 0 Å². The van der Waals surface area contributed by atoms with E-state index in [1.165, 1.54) is 0 Å². The van der Waals surface area contributed by atoms with Crippen molar-refractivity contribution in [3.05, 3.63) is 24.3 Å². The summed E-state index contributed by atoms with van der Waals surface area (Å²) in [6.45, 7) is 5.61. The molecule has 1 unspecified atom stereocenters. The van der Waals surface area contributed by atoms with Crippen LogP contribution in [0.5, 0.6) is 0 Å². The fourth-order valence-electron chi connectivity index (χ4n) is 1.69. The van der Waals surface area contributed by atoms with Gasteiger partial charge >= 0.3 is 6.03 Å². The summed E-state index contributed by atoms with van der Waals surface area (Å²) in [5.74, 6) is -0.120. The molecule has 0 bridgehead atoms. The molecular formula is C15H25ClN4O2. The molecule has 0 spiro atoms. The summed E-state index contributed by atoms with van der Waals surface area (Å²) in [5.41, 5.74) is 6.77. The van der Waals surface area contributed by atoms with Crippen molar-refractivity contribution < 1.29 is 9.59 Å². The Morgan fingerprint density at radius 3 is 2.14 bits per heavy atom. The minimum atomic E-state index is -0.303. The minimum absolute atomic E-state index is 0. The number of hydrogen-bond donors (Lipinski definition) is 4. The number of halogens is 1. The number of para-hydroxylation sites is 2. The first-order valence-electron chi connectivity index (χ1n) is 7.10. The third kappa shape index (κ3) is 7.85. The first kappa shape index (κ1) is 20.2. The Morgan fingerprint density at radius 1 is 1.09 bits per heavy atom. The van der Waals surface area contributed by atoms with Gasteiger partial charge in [-0.25, -0.2) is 4.79 Å². The highest BCUT2D eigenvalue weighted by Crippen LogP contribution is 2.21. The second-order valence-corrected chi connectivity index (χ2v) is 5.36. The molecule has 0 aromatic heterocycles. The van der Waals surface area contributed by atoms with Gasteiger partial charge in [0.05, 0.1) is 11.4 Å². The van der Waals surface area contributed by atoms with Crippen LogP contribution in [0.4, 0.5) is 16.2 Å². The fraction of sp³-hybridized carbons (Fsp3) is 0.467. The van der Waals surface area contributed by atoms with E-state index in [2.05, 4.69) is 16.0 Å². The second kappa shape index (κ2) is 10.0. The Hall–Kier alpha value is -1.79. The van der Waals surface area contributed by atoms with Crippen LogP contribution in [0.1, 0.15) is 33.6 Å². The maximum absolute atomic E-state index is 11.8. The van der Waals surface area contributed by atoms with Gasteiger partial charge in [0.15, 0.2) is 0 Å². The number of carbonyl (C=O) groups excluding carboxylic acids is 2. The summed E-state index contributed by atoms with van der Waals surface area (Å²) in [5, 5.41) is 8.24. The topological polar surface area (TPSA) is 96.2 Å². The number of urea groups is 1. The molecule has 0 saturated carbocycles. The lowest BCUT2D eigenvalue weighted by Gasteiger charge is -2.14. The molecular weight excluding hydrogens is 304 g/mol. The first-order chi connectivity index (χ1) is 9.88. The smallest absolute Gasteiger partial charge is 0.319 e. The van der Waals surface area contributed by atoms with Crippen LogP contribution in [-0.4, -0.2) is 24.0 Å². The lowest BCUT2D eigenvalue weighted by atomic mass is 10.2. The summed E-state index contributed by atoms with van der Waals surface area (Å²) >= 11 is 0. The molecule has 124 valence electrons. The summed E-state index contributed by atoms with van der Waals surface area (Å²) in [6.07, 6.45) is 0.972. The van der Waals surface area contributed by atoms with Crippen LogP contribution in [0.25, 0.3) is 0 Å². The molecule has 1 atom stereocenters. The van der Waals surface area contributed by atoms with Crippen molar-refractivity contribution in [2.24, 2.45) is 5.73 Å². The van der Waals surface area contributed by atoms with Gasteiger partial charge in [-0.2, -0.15) is 0 Å². The maximum atomic E-state index is 11.8. The molecule has 0 fully saturated rings. The number of hydrogen-bond acceptors (Lipinski definition) is 3. The molecule has 0 heterocycles. The molecule has 0 saturated heterocycles. The van der Waals surface area contributed by atoms with Crippen molar-refractivity contribution in [1.29, 1.82) is 0 Å². The molecule has 7 heteroatoms. The number of benzene rings is 1. The quantitative estimate of drug-likeness (QED) is 0.646. The van der Waals surface area contributed by atoms with Crippen LogP contribution >= 0.6 is 12.4 Å². The van der Waals surface area contributed by atoms with Gasteiger partial charge in [0.25, 0.3) is 0 Å². The van der Waals surface area contributed by atoms with Crippen LogP contribution < -0.4 is 21.7 Å². The van der Waals surface area contributed by atoms with Gasteiger partial charge in [-0.3, -0.25) is 4.79 Å². The van der Waals surface area contributed by atoms with E-state index >= 15 is 0 Å². The van der Waals surface area contributed by atoms with E-state index in [0.29, 0.717) is 24.2 Å². The Labute approximate surface area is 137 Å². The fourth-order valence-corrected chi connectivity index (χ4v) is 1.69. The molecule has 1 aromatic carbocycles. The summed E-state index contributed by atoms with van der Waals surface area (Å²) in [6, 6.07) is 6.80. The number of anilines is 2. The van der Waals surface area contributed by atoms with Gasteiger partial charge in [0.1, 0.15) is 0 Å². The monoisotopic (exact) mass is 328 g/mol. The predicted octanol–water partition coefficient (Wildman–Crippen LogP) is 2.70. The highest BCUT2D eigenvalue weighted by Gasteiger charge is 2.10. The number of nitrogens with two attached hydrogens (primary N) is 1. The van der Waals surface area contributed by atoms with Gasteiger partial charge in [0.2, 0.25) is 5.91 Å². The Morgan fingerprint density at radius 2 is 1.64 bits per heavy atom. The lowest BCUT2D eigenvalue weighted by molar-refractivity contribution is -0.116. The van der Waals surface area contributed by atoms with Crippen molar-refractivity contribution in [2.75, 3.05) is 10.6 Å². The number of rotatable bonds is 6. The standard InChI is InChI=1S/C15H24N4O2.ClH/c1-10(2)17-15(21)19-13-7-5-4-6-12(13)18-14(20)9-8-11(3)16;/h4-7,10-11H,8-9,16H2,1-3H3,(H,18,20)(H2,17,19,21);1H. The summed E-state index contributed by atoms with van der Waals surface area (Å²) in [4.78, 5) is 23.6. The van der Waals surface area contributed by atoms with Gasteiger partial charge in [-0.15, -0.1) is 12.4 Å². The van der Waals surface area contributed by atoms with E-state index in [0.717, 1.165) is 0 Å². The minimum Gasteiger partial charge on any atom is -0.336 e. The van der Waals surface area contributed by atoms with Gasteiger partial charge in [0, 0.05) is 18.5 Å². The third-order valence-electron chi connectivity index (χ3n) is 2.70. The molecule has 0 aliphatic carbocycles. The molecule has 3 amide bonds. The molecule has 1 aromatic rings. The SMILES string of the molecule is CC(N)CCC(=O)Nc1ccccc1NC(=O)NC(C)C.Cl. The van der Waals surface area contributed by atoms with Crippen molar-refractivity contribution >= 4 is 35.7 Å². The van der Waals surface area contributed by atoms with E-state index in [1.807, 2.05) is 20.8 Å². The van der Waals surface area contributed by atoms with Gasteiger partial charge in [-0.05, 0) is 39.3 Å². The molecule has 5 N–H and O–H groups in total. The van der Waals surface area contributed by atoms with Gasteiger partial charge < -0.3 is 21.7 Å². The van der Waals surface area contributed by atoms with E-state index in [1.54, 1.807) is 24.3 Å². The Bertz CT molecular complexity index is 492. The highest BCUT2D eigenvalue weighted by molar-refractivity contribution is 5.99. The molecule has 0 aliphatic heterocycles. The normalized spacial score (nSPS) is 11.3. The largest absolute Gasteiger partial charge is 0.336 e. The van der Waals surface area contributed by atoms with Crippen LogP contribution in [0.3, 0.4) is 0 Å². The zero-order chi connectivity index (χ0) is 15.8. The average Bonchev–Trinajstić information content (AvgIpc) is 2.37. The second-order valence-electron chi connectivity index (χ2n) is 5.36. The van der Waals surface area contributed by atoms with Crippen LogP contribution in [-0.2, 0) is 4.79 Å². The Kier molecular flexibility index (Phi) is 9.21. The molecule has 22 heavy (non-hydrogen) atoms. The van der Waals surface area contributed by atoms with Crippen molar-refractivity contribution in [3.8, 4) is 0 Å². The zero-order valence-electron chi connectivity index (χ0n) is 13.2. The highest BCUT2D eigenvalue weighted by atomic mass is 35.5. The first-order valence-corrected chi connectivity index (χ1v) is 7.10. The third-order valence-corrected chi connectivity index (χ3v) is 2.70. The zero-order valence-corrected chi connectivity index (χ0v) is 14.0. The van der Waals surface area contributed by atoms with Crippen LogP contribution in [0.15, 0.2) is 24.3 Å². The van der Waals surface area contributed by atoms with Gasteiger partial charge in [-0.1, -0.05) is 12.1 Å². The van der Waals surface area contributed by atoms with Crippen LogP contribution in [0.2, 0.25) is 0 Å². The van der Waals surface area contributed by atoms with Crippen molar-refractivity contribution in [1.82, 2.24) is 5.32 Å². The number of nitrogens with one attached hydrogen (secondary N) is 3. The molecule has 0 radical (unpaired) electrons. The maximum Gasteiger partial charge on any atom is 0.319 e. The van der Waals surface area contributed by atoms with Crippen molar-refractivity contribution in [3.63, 3.8) is 0 Å². The van der Waals surface area contributed by atoms with E-state index in [4.69, 9.17) is 5.73 Å². The van der Waals surface area contributed by atoms with E-state index < -0.39 is 0 Å². The van der Waals surface area contributed by atoms with E-state index in [9.17, 15) is 9.59 Å². The Balaban J connectivity index is 0.00000441. The number of carbonyl (C=O) groups is 2. The molecule has 0 aliphatic rings. The summed E-state index contributed by atoms with van der Waals surface area (Å²) < 4.78 is 0. The molecule has 1 rings (SSSR count).